The molecule has 2 heterocycles. The van der Waals surface area contributed by atoms with Gasteiger partial charge in [-0.2, -0.15) is 11.8 Å². The van der Waals surface area contributed by atoms with E-state index in [0.717, 1.165) is 31.3 Å². The minimum absolute atomic E-state index is 0. The summed E-state index contributed by atoms with van der Waals surface area (Å²) in [7, 11) is 1.88. The van der Waals surface area contributed by atoms with Gasteiger partial charge in [0, 0.05) is 36.8 Å². The molecule has 23 heavy (non-hydrogen) atoms. The van der Waals surface area contributed by atoms with Crippen LogP contribution in [0.25, 0.3) is 0 Å². The number of rotatable bonds is 2. The number of hydrogen-bond acceptors (Lipinski definition) is 3. The molecular weight excluding hydrogens is 419 g/mol. The summed E-state index contributed by atoms with van der Waals surface area (Å²) >= 11 is 2.20. The molecule has 6 heteroatoms. The Kier molecular flexibility index (Phi) is 7.46. The quantitative estimate of drug-likeness (QED) is 0.429. The number of nitrogens with one attached hydrogen (secondary N) is 1. The lowest BCUT2D eigenvalue weighted by molar-refractivity contribution is 0.293. The van der Waals surface area contributed by atoms with Crippen molar-refractivity contribution in [1.29, 1.82) is 0 Å². The highest BCUT2D eigenvalue weighted by Gasteiger charge is 2.38. The third kappa shape index (κ3) is 4.98. The Labute approximate surface area is 160 Å². The SMILES string of the molecule is CN=C(NCc1ccccn1)N1CCSC2(CCCCC2)C1.I. The number of hydrogen-bond donors (Lipinski definition) is 1. The third-order valence-electron chi connectivity index (χ3n) is 4.68. The Balaban J connectivity index is 0.00000192. The maximum absolute atomic E-state index is 4.50. The molecule has 0 atom stereocenters. The number of aliphatic imine (C=N–C) groups is 1. The Morgan fingerprint density at radius 3 is 2.87 bits per heavy atom. The topological polar surface area (TPSA) is 40.5 Å². The van der Waals surface area contributed by atoms with E-state index in [0.29, 0.717) is 4.75 Å². The fourth-order valence-electron chi connectivity index (χ4n) is 3.53. The van der Waals surface area contributed by atoms with Crippen LogP contribution in [0.15, 0.2) is 29.4 Å². The number of aromatic nitrogens is 1. The van der Waals surface area contributed by atoms with Crippen LogP contribution < -0.4 is 5.32 Å². The van der Waals surface area contributed by atoms with Crippen molar-refractivity contribution in [2.45, 2.75) is 43.4 Å². The second-order valence-electron chi connectivity index (χ2n) is 6.24. The van der Waals surface area contributed by atoms with E-state index in [9.17, 15) is 0 Å². The second-order valence-corrected chi connectivity index (χ2v) is 7.80. The monoisotopic (exact) mass is 446 g/mol. The summed E-state index contributed by atoms with van der Waals surface area (Å²) in [5, 5.41) is 3.48. The molecule has 0 bridgehead atoms. The van der Waals surface area contributed by atoms with Gasteiger partial charge in [0.1, 0.15) is 0 Å². The molecule has 1 saturated heterocycles. The molecule has 0 aromatic carbocycles. The van der Waals surface area contributed by atoms with E-state index in [-0.39, 0.29) is 24.0 Å². The van der Waals surface area contributed by atoms with E-state index in [1.807, 2.05) is 25.4 Å². The van der Waals surface area contributed by atoms with Crippen LogP contribution in [0.1, 0.15) is 37.8 Å². The van der Waals surface area contributed by atoms with Gasteiger partial charge in [0.2, 0.25) is 0 Å². The van der Waals surface area contributed by atoms with Gasteiger partial charge in [0.05, 0.1) is 12.2 Å². The van der Waals surface area contributed by atoms with Crippen molar-refractivity contribution < 1.29 is 0 Å². The van der Waals surface area contributed by atoms with Gasteiger partial charge in [-0.15, -0.1) is 24.0 Å². The van der Waals surface area contributed by atoms with E-state index < -0.39 is 0 Å². The van der Waals surface area contributed by atoms with Crippen molar-refractivity contribution >= 4 is 41.7 Å². The molecule has 3 rings (SSSR count). The molecule has 128 valence electrons. The number of pyridine rings is 1. The minimum atomic E-state index is 0. The van der Waals surface area contributed by atoms with Crippen LogP contribution in [0, 0.1) is 0 Å². The van der Waals surface area contributed by atoms with Crippen LogP contribution in [0.5, 0.6) is 0 Å². The van der Waals surface area contributed by atoms with Gasteiger partial charge in [0.15, 0.2) is 5.96 Å². The fourth-order valence-corrected chi connectivity index (χ4v) is 5.10. The standard InChI is InChI=1S/C17H26N4S.HI/c1-18-16(20-13-15-7-3-6-10-19-15)21-11-12-22-17(14-21)8-4-2-5-9-17;/h3,6-7,10H,2,4-5,8-9,11-14H2,1H3,(H,18,20);1H. The number of nitrogens with zero attached hydrogens (tertiary/aromatic N) is 3. The first kappa shape index (κ1) is 18.8. The maximum Gasteiger partial charge on any atom is 0.194 e. The molecule has 4 nitrogen and oxygen atoms in total. The van der Waals surface area contributed by atoms with Crippen LogP contribution in [0.3, 0.4) is 0 Å². The largest absolute Gasteiger partial charge is 0.351 e. The molecule has 1 aromatic heterocycles. The Hall–Kier alpha value is -0.500. The van der Waals surface area contributed by atoms with Gasteiger partial charge in [-0.25, -0.2) is 0 Å². The predicted molar refractivity (Wildman–Crippen MR) is 110 cm³/mol. The molecule has 1 spiro atoms. The van der Waals surface area contributed by atoms with Gasteiger partial charge in [0.25, 0.3) is 0 Å². The number of halogens is 1. The molecule has 2 aliphatic rings. The van der Waals surface area contributed by atoms with E-state index in [2.05, 4.69) is 38.0 Å². The highest BCUT2D eigenvalue weighted by Crippen LogP contribution is 2.42. The summed E-state index contributed by atoms with van der Waals surface area (Å²) in [6, 6.07) is 6.03. The molecule has 0 radical (unpaired) electrons. The lowest BCUT2D eigenvalue weighted by atomic mass is 9.87. The van der Waals surface area contributed by atoms with E-state index in [1.54, 1.807) is 0 Å². The van der Waals surface area contributed by atoms with Gasteiger partial charge >= 0.3 is 0 Å². The van der Waals surface area contributed by atoms with Gasteiger partial charge in [-0.1, -0.05) is 25.3 Å². The summed E-state index contributed by atoms with van der Waals surface area (Å²) in [6.45, 7) is 2.97. The Morgan fingerprint density at radius 2 is 2.17 bits per heavy atom. The molecule has 2 fully saturated rings. The number of guanidine groups is 1. The van der Waals surface area contributed by atoms with Crippen molar-refractivity contribution in [3.63, 3.8) is 0 Å². The maximum atomic E-state index is 4.50. The molecule has 1 aliphatic heterocycles. The van der Waals surface area contributed by atoms with Crippen LogP contribution in [0.2, 0.25) is 0 Å². The van der Waals surface area contributed by atoms with E-state index in [1.165, 1.54) is 37.9 Å². The second kappa shape index (κ2) is 9.11. The van der Waals surface area contributed by atoms with Crippen molar-refractivity contribution in [2.24, 2.45) is 4.99 Å². The first-order valence-electron chi connectivity index (χ1n) is 8.31. The molecule has 1 aromatic rings. The molecule has 1 saturated carbocycles. The zero-order valence-corrected chi connectivity index (χ0v) is 17.0. The highest BCUT2D eigenvalue weighted by molar-refractivity contribution is 14.0. The molecule has 1 N–H and O–H groups in total. The highest BCUT2D eigenvalue weighted by atomic mass is 127. The smallest absolute Gasteiger partial charge is 0.194 e. The lowest BCUT2D eigenvalue weighted by Crippen LogP contribution is -2.53. The number of thioether (sulfide) groups is 1. The van der Waals surface area contributed by atoms with Gasteiger partial charge in [-0.05, 0) is 25.0 Å². The van der Waals surface area contributed by atoms with Crippen molar-refractivity contribution in [2.75, 3.05) is 25.9 Å². The van der Waals surface area contributed by atoms with Crippen molar-refractivity contribution in [3.8, 4) is 0 Å². The summed E-state index contributed by atoms with van der Waals surface area (Å²) in [5.74, 6) is 2.24. The summed E-state index contributed by atoms with van der Waals surface area (Å²) < 4.78 is 0.471. The Morgan fingerprint density at radius 1 is 1.35 bits per heavy atom. The fraction of sp³-hybridized carbons (Fsp3) is 0.647. The molecule has 0 unspecified atom stereocenters. The van der Waals surface area contributed by atoms with Crippen LogP contribution >= 0.6 is 35.7 Å². The first-order valence-corrected chi connectivity index (χ1v) is 9.29. The predicted octanol–water partition coefficient (Wildman–Crippen LogP) is 3.53. The summed E-state index contributed by atoms with van der Waals surface area (Å²) in [6.07, 6.45) is 8.77. The zero-order chi connectivity index (χ0) is 15.3. The molecule has 0 amide bonds. The van der Waals surface area contributed by atoms with Crippen molar-refractivity contribution in [1.82, 2.24) is 15.2 Å². The average molecular weight is 446 g/mol. The summed E-state index contributed by atoms with van der Waals surface area (Å²) in [4.78, 5) is 11.3. The normalized spacial score (nSPS) is 20.9. The van der Waals surface area contributed by atoms with E-state index in [4.69, 9.17) is 0 Å². The van der Waals surface area contributed by atoms with Crippen molar-refractivity contribution in [3.05, 3.63) is 30.1 Å². The van der Waals surface area contributed by atoms with E-state index >= 15 is 0 Å². The summed E-state index contributed by atoms with van der Waals surface area (Å²) in [5.41, 5.74) is 1.06. The zero-order valence-electron chi connectivity index (χ0n) is 13.8. The van der Waals surface area contributed by atoms with Crippen LogP contribution in [-0.2, 0) is 6.54 Å². The van der Waals surface area contributed by atoms with Crippen LogP contribution in [-0.4, -0.2) is 46.5 Å². The van der Waals surface area contributed by atoms with Gasteiger partial charge < -0.3 is 10.2 Å². The minimum Gasteiger partial charge on any atom is -0.351 e. The van der Waals surface area contributed by atoms with Gasteiger partial charge in [-0.3, -0.25) is 9.98 Å². The van der Waals surface area contributed by atoms with Crippen LogP contribution in [0.4, 0.5) is 0 Å². The Bertz CT molecular complexity index is 497. The molecule has 1 aliphatic carbocycles. The first-order chi connectivity index (χ1) is 10.8. The lowest BCUT2D eigenvalue weighted by Gasteiger charge is -2.45. The average Bonchev–Trinajstić information content (AvgIpc) is 2.57. The molecular formula is C17H27IN4S. The third-order valence-corrected chi connectivity index (χ3v) is 6.21.